The van der Waals surface area contributed by atoms with Gasteiger partial charge in [0.05, 0.1) is 12.7 Å². The first kappa shape index (κ1) is 30.8. The Hall–Kier alpha value is -3.24. The molecule has 22 nitrogen and oxygen atoms in total. The van der Waals surface area contributed by atoms with Crippen LogP contribution in [0.1, 0.15) is 12.5 Å². The Labute approximate surface area is 245 Å². The van der Waals surface area contributed by atoms with Gasteiger partial charge in [-0.05, 0) is 0 Å². The summed E-state index contributed by atoms with van der Waals surface area (Å²) < 4.78 is 54.1. The minimum atomic E-state index is -4.82. The smallest absolute Gasteiger partial charge is 0.354 e. The van der Waals surface area contributed by atoms with E-state index in [4.69, 9.17) is 39.8 Å². The Kier molecular flexibility index (Phi) is 8.34. The van der Waals surface area contributed by atoms with E-state index in [9.17, 15) is 29.3 Å². The normalized spacial score (nSPS) is 31.1. The van der Waals surface area contributed by atoms with Gasteiger partial charge in [-0.1, -0.05) is 0 Å². The summed E-state index contributed by atoms with van der Waals surface area (Å²) >= 11 is 0. The summed E-state index contributed by atoms with van der Waals surface area (Å²) in [5, 5.41) is 32.1. The molecule has 0 amide bonds. The van der Waals surface area contributed by atoms with Crippen LogP contribution in [0.3, 0.4) is 0 Å². The molecule has 4 aromatic heterocycles. The summed E-state index contributed by atoms with van der Waals surface area (Å²) in [6.45, 7) is 0. The van der Waals surface area contributed by atoms with Gasteiger partial charge in [-0.15, -0.1) is 0 Å². The fraction of sp³-hybridized carbons (Fsp3) is 0.500. The molecule has 0 bridgehead atoms. The zero-order chi connectivity index (χ0) is 31.3. The van der Waals surface area contributed by atoms with Crippen LogP contribution in [0.25, 0.3) is 22.3 Å². The Bertz CT molecular complexity index is 1740. The number of hydrogen-bond donors (Lipinski definition) is 7. The lowest BCUT2D eigenvalue weighted by Gasteiger charge is -2.25. The molecule has 0 radical (unpaired) electrons. The number of nitrogens with zero attached hydrogens (tertiary/aromatic N) is 8. The Morgan fingerprint density at radius 3 is 1.98 bits per heavy atom. The summed E-state index contributed by atoms with van der Waals surface area (Å²) in [5.74, 6) is 0.0928. The molecule has 6 rings (SSSR count). The average molecular weight is 660 g/mol. The summed E-state index contributed by atoms with van der Waals surface area (Å²) in [6, 6.07) is 0. The van der Waals surface area contributed by atoms with E-state index in [0.717, 1.165) is 6.33 Å². The number of nitrogens with two attached hydrogens (primary N) is 2. The largest absolute Gasteiger partial charge is 0.385 e. The number of aromatic nitrogens is 8. The molecule has 2 saturated heterocycles. The van der Waals surface area contributed by atoms with Crippen LogP contribution in [-0.2, 0) is 32.6 Å². The first-order valence-corrected chi connectivity index (χ1v) is 15.9. The maximum Gasteiger partial charge on any atom is 0.354 e. The highest BCUT2D eigenvalue weighted by Gasteiger charge is 2.51. The quantitative estimate of drug-likeness (QED) is 0.0872. The fourth-order valence-corrected chi connectivity index (χ4v) is 6.06. The molecule has 24 heteroatoms. The number of imidazole rings is 2. The lowest BCUT2D eigenvalue weighted by Crippen LogP contribution is -2.35. The first-order chi connectivity index (χ1) is 20.9. The lowest BCUT2D eigenvalue weighted by atomic mass is 10.2. The van der Waals surface area contributed by atoms with Gasteiger partial charge in [0.1, 0.15) is 54.5 Å². The molecule has 0 aliphatic carbocycles. The zero-order valence-corrected chi connectivity index (χ0v) is 24.0. The van der Waals surface area contributed by atoms with Crippen LogP contribution >= 0.6 is 15.6 Å². The van der Waals surface area contributed by atoms with Crippen molar-refractivity contribution in [3.8, 4) is 0 Å². The van der Waals surface area contributed by atoms with Gasteiger partial charge in [-0.25, -0.2) is 29.9 Å². The number of rotatable bonds is 10. The van der Waals surface area contributed by atoms with Crippen LogP contribution in [0.15, 0.2) is 25.3 Å². The SMILES string of the molecule is Nc1ncnc2c1ncn2[C@@H]1O[C@H](OCP(=O)(O)O[C@H]2[C@@H](O)[C@@H](OC[PH](=O)O)O[C@H]2n2cnc3c(N)ncnc32)[C@H](O)[C@@H]1O. The number of ether oxygens (including phenoxy) is 4. The van der Waals surface area contributed by atoms with E-state index in [1.807, 2.05) is 0 Å². The van der Waals surface area contributed by atoms with Crippen molar-refractivity contribution in [2.24, 2.45) is 0 Å². The van der Waals surface area contributed by atoms with Crippen molar-refractivity contribution in [1.29, 1.82) is 0 Å². The molecule has 2 aliphatic heterocycles. The molecular formula is C20H26N10O12P2. The van der Waals surface area contributed by atoms with Crippen molar-refractivity contribution >= 4 is 49.6 Å². The first-order valence-electron chi connectivity index (χ1n) is 12.6. The van der Waals surface area contributed by atoms with Crippen molar-refractivity contribution in [3.63, 3.8) is 0 Å². The predicted octanol–water partition coefficient (Wildman–Crippen LogP) is -2.39. The van der Waals surface area contributed by atoms with E-state index in [1.54, 1.807) is 0 Å². The standard InChI is InChI=1S/C20H26N10O12P2/c21-13-7-15(25-1-23-13)29(3-27-7)17-9(31)10(32)19(40-17)39-6-44(36,37)42-12-11(33)20(38-5-43(34)35)41-18(12)30-4-28-8-14(22)24-2-26-16(8)30/h1-4,9-12,17-20,31-33,43H,5-6H2,(H,34,35)(H,36,37)(H2,21,23,25)(H2,22,24,26)/t9-,10+,11+,12-,17+,18+,19-,20-/m0/s1. The second-order valence-electron chi connectivity index (χ2n) is 9.64. The molecule has 0 aromatic carbocycles. The van der Waals surface area contributed by atoms with Crippen LogP contribution < -0.4 is 11.5 Å². The van der Waals surface area contributed by atoms with Gasteiger partial charge in [0.15, 0.2) is 54.3 Å². The third-order valence-electron chi connectivity index (χ3n) is 6.75. The summed E-state index contributed by atoms with van der Waals surface area (Å²) in [5.41, 5.74) is 12.3. The molecule has 9 N–H and O–H groups in total. The van der Waals surface area contributed by atoms with Gasteiger partial charge < -0.3 is 55.5 Å². The minimum absolute atomic E-state index is 0.0212. The highest BCUT2D eigenvalue weighted by atomic mass is 31.2. The van der Waals surface area contributed by atoms with Gasteiger partial charge >= 0.3 is 7.60 Å². The second kappa shape index (κ2) is 11.9. The van der Waals surface area contributed by atoms with Crippen LogP contribution in [0.2, 0.25) is 0 Å². The number of aliphatic hydroxyl groups excluding tert-OH is 3. The monoisotopic (exact) mass is 660 g/mol. The van der Waals surface area contributed by atoms with Crippen molar-refractivity contribution in [2.45, 2.75) is 49.5 Å². The molecule has 2 fully saturated rings. The third kappa shape index (κ3) is 5.67. The number of hydrogen-bond acceptors (Lipinski definition) is 18. The fourth-order valence-electron chi connectivity index (χ4n) is 4.75. The van der Waals surface area contributed by atoms with E-state index in [1.165, 1.54) is 28.1 Å². The van der Waals surface area contributed by atoms with E-state index in [-0.39, 0.29) is 34.0 Å². The van der Waals surface area contributed by atoms with Crippen LogP contribution in [0.5, 0.6) is 0 Å². The average Bonchev–Trinajstić information content (AvgIpc) is 3.73. The van der Waals surface area contributed by atoms with Gasteiger partial charge in [0.25, 0.3) is 0 Å². The number of anilines is 2. The molecule has 2 unspecified atom stereocenters. The Morgan fingerprint density at radius 1 is 0.841 bits per heavy atom. The molecule has 10 atom stereocenters. The third-order valence-corrected chi connectivity index (χ3v) is 8.21. The van der Waals surface area contributed by atoms with E-state index >= 15 is 0 Å². The van der Waals surface area contributed by atoms with E-state index in [0.29, 0.717) is 0 Å². The van der Waals surface area contributed by atoms with Crippen molar-refractivity contribution in [2.75, 3.05) is 24.2 Å². The zero-order valence-electron chi connectivity index (χ0n) is 22.1. The van der Waals surface area contributed by atoms with Crippen LogP contribution in [0, 0.1) is 0 Å². The van der Waals surface area contributed by atoms with E-state index in [2.05, 4.69) is 29.9 Å². The van der Waals surface area contributed by atoms with Crippen molar-refractivity contribution < 1.29 is 57.7 Å². The highest BCUT2D eigenvalue weighted by Crippen LogP contribution is 2.49. The molecular weight excluding hydrogens is 634 g/mol. The minimum Gasteiger partial charge on any atom is -0.385 e. The summed E-state index contributed by atoms with van der Waals surface area (Å²) in [4.78, 5) is 43.8. The Morgan fingerprint density at radius 2 is 1.39 bits per heavy atom. The number of nitrogen functional groups attached to an aromatic ring is 2. The van der Waals surface area contributed by atoms with Gasteiger partial charge in [-0.3, -0.25) is 22.8 Å². The summed E-state index contributed by atoms with van der Waals surface area (Å²) in [7, 11) is -7.95. The number of aliphatic hydroxyl groups is 3. The Balaban J connectivity index is 1.19. The highest BCUT2D eigenvalue weighted by molar-refractivity contribution is 7.52. The molecule has 238 valence electrons. The number of fused-ring (bicyclic) bond motifs is 2. The predicted molar refractivity (Wildman–Crippen MR) is 143 cm³/mol. The molecule has 0 saturated carbocycles. The molecule has 44 heavy (non-hydrogen) atoms. The topological polar surface area (TPSA) is 321 Å². The van der Waals surface area contributed by atoms with Crippen molar-refractivity contribution in [1.82, 2.24) is 39.0 Å². The maximum absolute atomic E-state index is 13.2. The molecule has 6 heterocycles. The van der Waals surface area contributed by atoms with Crippen LogP contribution in [-0.4, -0.2) is 114 Å². The molecule has 2 aliphatic rings. The van der Waals surface area contributed by atoms with Gasteiger partial charge in [0.2, 0.25) is 8.03 Å². The lowest BCUT2D eigenvalue weighted by molar-refractivity contribution is -0.168. The molecule has 0 spiro atoms. The summed E-state index contributed by atoms with van der Waals surface area (Å²) in [6.07, 6.45) is -9.54. The van der Waals surface area contributed by atoms with Crippen LogP contribution in [0.4, 0.5) is 11.6 Å². The second-order valence-corrected chi connectivity index (χ2v) is 12.5. The van der Waals surface area contributed by atoms with E-state index < -0.39 is 77.8 Å². The van der Waals surface area contributed by atoms with Gasteiger partial charge in [0, 0.05) is 0 Å². The maximum atomic E-state index is 13.2. The van der Waals surface area contributed by atoms with Gasteiger partial charge in [-0.2, -0.15) is 0 Å². The molecule has 4 aromatic rings. The van der Waals surface area contributed by atoms with Crippen molar-refractivity contribution in [3.05, 3.63) is 25.3 Å².